The molecule has 1 aromatic carbocycles. The number of anilines is 1. The summed E-state index contributed by atoms with van der Waals surface area (Å²) in [6.07, 6.45) is 2.33. The minimum atomic E-state index is 0. The molecular weight excluding hydrogens is 390 g/mol. The van der Waals surface area contributed by atoms with Crippen LogP contribution >= 0.6 is 0 Å². The first-order valence-electron chi connectivity index (χ1n) is 5.42. The Kier molecular flexibility index (Phi) is 10.4. The monoisotopic (exact) mass is 413 g/mol. The molecule has 1 heterocycles. The number of aryl methyl sites for hydroxylation is 1. The number of fused-ring (bicyclic) bond motifs is 1. The molecule has 3 nitrogen and oxygen atoms in total. The third kappa shape index (κ3) is 7.36. The fourth-order valence-electron chi connectivity index (χ4n) is 1.41. The van der Waals surface area contributed by atoms with Crippen molar-refractivity contribution in [2.45, 2.75) is 33.6 Å². The Bertz CT molecular complexity index is 314. The first kappa shape index (κ1) is 18.8. The third-order valence-electron chi connectivity index (χ3n) is 2.00. The average molecular weight is 412 g/mol. The minimum Gasteiger partial charge on any atom is -0.870 e. The summed E-state index contributed by atoms with van der Waals surface area (Å²) in [6.45, 7) is 7.20. The van der Waals surface area contributed by atoms with Crippen molar-refractivity contribution >= 4 is 11.4 Å². The summed E-state index contributed by atoms with van der Waals surface area (Å²) in [6, 6.07) is 5.97. The van der Waals surface area contributed by atoms with E-state index in [1.165, 1.54) is 17.9 Å². The quantitative estimate of drug-likeness (QED) is 0.523. The van der Waals surface area contributed by atoms with E-state index >= 15 is 0 Å². The standard InChI is InChI=1S/C9H11N2.C4H9.H2O.Os/c10-8-4-3-7-2-1-5-11-9(7)6-8;1-4(2)3;;/h3-4,6H,1-2,5,10H2;1-3H3;1H2;/q2*-1;;+1/p-1. The van der Waals surface area contributed by atoms with Gasteiger partial charge < -0.3 is 22.4 Å². The van der Waals surface area contributed by atoms with Crippen LogP contribution in [0.3, 0.4) is 0 Å². The van der Waals surface area contributed by atoms with Gasteiger partial charge in [-0.2, -0.15) is 20.8 Å². The van der Waals surface area contributed by atoms with Gasteiger partial charge in [-0.3, -0.25) is 0 Å². The van der Waals surface area contributed by atoms with E-state index in [9.17, 15) is 0 Å². The molecule has 0 bridgehead atoms. The zero-order valence-corrected chi connectivity index (χ0v) is 13.2. The zero-order chi connectivity index (χ0) is 11.3. The van der Waals surface area contributed by atoms with Crippen LogP contribution in [0.1, 0.15) is 32.8 Å². The summed E-state index contributed by atoms with van der Waals surface area (Å²) in [5.41, 5.74) is 8.87. The molecule has 0 saturated heterocycles. The predicted octanol–water partition coefficient (Wildman–Crippen LogP) is 3.66. The van der Waals surface area contributed by atoms with Crippen LogP contribution in [0.5, 0.6) is 0 Å². The topological polar surface area (TPSA) is 70.1 Å². The molecule has 1 aromatic rings. The van der Waals surface area contributed by atoms with E-state index in [4.69, 9.17) is 5.73 Å². The summed E-state index contributed by atoms with van der Waals surface area (Å²) >= 11 is 0. The first-order valence-corrected chi connectivity index (χ1v) is 5.42. The van der Waals surface area contributed by atoms with Crippen molar-refractivity contribution < 1.29 is 25.3 Å². The molecule has 1 aliphatic rings. The van der Waals surface area contributed by atoms with Crippen LogP contribution in [-0.2, 0) is 26.2 Å². The molecule has 0 atom stereocenters. The minimum absolute atomic E-state index is 0. The second-order valence-electron chi connectivity index (χ2n) is 4.37. The smallest absolute Gasteiger partial charge is 0.870 e. The van der Waals surface area contributed by atoms with Crippen molar-refractivity contribution in [3.63, 3.8) is 0 Å². The van der Waals surface area contributed by atoms with E-state index in [0.29, 0.717) is 0 Å². The largest absolute Gasteiger partial charge is 1.00 e. The van der Waals surface area contributed by atoms with Crippen LogP contribution < -0.4 is 5.73 Å². The van der Waals surface area contributed by atoms with Crippen LogP contribution in [-0.4, -0.2) is 12.0 Å². The van der Waals surface area contributed by atoms with Crippen LogP contribution in [0, 0.1) is 5.92 Å². The van der Waals surface area contributed by atoms with Gasteiger partial charge in [0.25, 0.3) is 0 Å². The van der Waals surface area contributed by atoms with E-state index in [1.54, 1.807) is 0 Å². The molecule has 4 heteroatoms. The molecule has 0 saturated carbocycles. The van der Waals surface area contributed by atoms with Gasteiger partial charge in [0.2, 0.25) is 0 Å². The van der Waals surface area contributed by atoms with Crippen LogP contribution in [0.2, 0.25) is 0 Å². The normalized spacial score (nSPS) is 12.0. The van der Waals surface area contributed by atoms with Gasteiger partial charge >= 0.3 is 19.8 Å². The average Bonchev–Trinajstić information content (AvgIpc) is 2.16. The van der Waals surface area contributed by atoms with Crippen molar-refractivity contribution in [1.29, 1.82) is 0 Å². The molecule has 17 heavy (non-hydrogen) atoms. The van der Waals surface area contributed by atoms with Gasteiger partial charge in [0.15, 0.2) is 0 Å². The van der Waals surface area contributed by atoms with E-state index in [-0.39, 0.29) is 25.3 Å². The summed E-state index contributed by atoms with van der Waals surface area (Å²) in [5.74, 6) is 1.42. The van der Waals surface area contributed by atoms with Crippen LogP contribution in [0.4, 0.5) is 11.4 Å². The molecule has 0 fully saturated rings. The van der Waals surface area contributed by atoms with Gasteiger partial charge in [-0.15, -0.1) is 12.2 Å². The molecule has 0 aliphatic carbocycles. The maximum Gasteiger partial charge on any atom is 1.00 e. The molecule has 0 amide bonds. The third-order valence-corrected chi connectivity index (χ3v) is 2.00. The zero-order valence-electron chi connectivity index (χ0n) is 10.7. The Morgan fingerprint density at radius 1 is 1.24 bits per heavy atom. The molecule has 99 valence electrons. The Hall–Kier alpha value is -0.584. The Morgan fingerprint density at radius 2 is 1.82 bits per heavy atom. The maximum atomic E-state index is 5.62. The second-order valence-corrected chi connectivity index (χ2v) is 4.37. The molecule has 1 radical (unpaired) electrons. The summed E-state index contributed by atoms with van der Waals surface area (Å²) in [5, 5.41) is 4.37. The summed E-state index contributed by atoms with van der Waals surface area (Å²) in [4.78, 5) is 0. The van der Waals surface area contributed by atoms with E-state index < -0.39 is 0 Å². The number of nitrogen functional groups attached to an aromatic ring is 1. The van der Waals surface area contributed by atoms with E-state index in [2.05, 4.69) is 32.2 Å². The van der Waals surface area contributed by atoms with E-state index in [1.807, 2.05) is 12.1 Å². The van der Waals surface area contributed by atoms with Crippen molar-refractivity contribution in [2.24, 2.45) is 0 Å². The molecule has 2 rings (SSSR count). The number of benzene rings is 1. The first-order chi connectivity index (χ1) is 7.09. The fourth-order valence-corrected chi connectivity index (χ4v) is 1.41. The predicted molar refractivity (Wildman–Crippen MR) is 69.3 cm³/mol. The number of rotatable bonds is 0. The van der Waals surface area contributed by atoms with Gasteiger partial charge in [-0.05, 0) is 12.5 Å². The second kappa shape index (κ2) is 9.45. The molecule has 0 unspecified atom stereocenters. The van der Waals surface area contributed by atoms with Gasteiger partial charge in [0, 0.05) is 5.69 Å². The van der Waals surface area contributed by atoms with Crippen LogP contribution in [0.25, 0.3) is 5.32 Å². The van der Waals surface area contributed by atoms with Gasteiger partial charge in [0.05, 0.1) is 0 Å². The van der Waals surface area contributed by atoms with Crippen molar-refractivity contribution in [2.75, 3.05) is 12.3 Å². The van der Waals surface area contributed by atoms with E-state index in [0.717, 1.165) is 24.3 Å². The van der Waals surface area contributed by atoms with Crippen LogP contribution in [0.15, 0.2) is 18.2 Å². The molecular formula is C13H21N2OOs-2. The summed E-state index contributed by atoms with van der Waals surface area (Å²) < 4.78 is 0. The molecule has 1 aliphatic heterocycles. The fraction of sp³-hybridized carbons (Fsp3) is 0.462. The Labute approximate surface area is 118 Å². The summed E-state index contributed by atoms with van der Waals surface area (Å²) in [7, 11) is 0. The number of nitrogens with two attached hydrogens (primary N) is 1. The Balaban J connectivity index is 0. The van der Waals surface area contributed by atoms with Crippen molar-refractivity contribution in [1.82, 2.24) is 0 Å². The molecule has 0 spiro atoms. The van der Waals surface area contributed by atoms with Gasteiger partial charge in [0.1, 0.15) is 0 Å². The molecule has 0 aromatic heterocycles. The SMILES string of the molecule is C[C-](C)C.Nc1ccc2c(c1)[N-]CCC2.[OH-].[Os+]. The maximum absolute atomic E-state index is 5.62. The number of hydrogen-bond donors (Lipinski definition) is 1. The van der Waals surface area contributed by atoms with Crippen molar-refractivity contribution in [3.8, 4) is 0 Å². The Morgan fingerprint density at radius 3 is 2.41 bits per heavy atom. The van der Waals surface area contributed by atoms with Crippen molar-refractivity contribution in [3.05, 3.63) is 35.0 Å². The number of hydrogen-bond acceptors (Lipinski definition) is 2. The molecule has 3 N–H and O–H groups in total. The van der Waals surface area contributed by atoms with Gasteiger partial charge in [-0.25, -0.2) is 0 Å². The van der Waals surface area contributed by atoms with Gasteiger partial charge in [-0.1, -0.05) is 24.1 Å². The number of nitrogens with zero attached hydrogens (tertiary/aromatic N) is 1.